The molecule has 0 unspecified atom stereocenters. The molecule has 1 aliphatic carbocycles. The molecule has 1 aliphatic rings. The van der Waals surface area contributed by atoms with E-state index >= 15 is 0 Å². The van der Waals surface area contributed by atoms with E-state index in [0.717, 1.165) is 0 Å². The Morgan fingerprint density at radius 2 is 1.90 bits per heavy atom. The molecule has 0 saturated heterocycles. The van der Waals surface area contributed by atoms with Crippen LogP contribution in [-0.2, 0) is 0 Å². The fourth-order valence-corrected chi connectivity index (χ4v) is 2.90. The van der Waals surface area contributed by atoms with Crippen LogP contribution in [0.15, 0.2) is 0 Å². The first-order valence-corrected chi connectivity index (χ1v) is 5.54. The second-order valence-corrected chi connectivity index (χ2v) is 5.75. The van der Waals surface area contributed by atoms with Crippen molar-refractivity contribution in [2.75, 3.05) is 0 Å². The Balaban J connectivity index is 2.22. The summed E-state index contributed by atoms with van der Waals surface area (Å²) in [5.41, 5.74) is 0. The predicted molar refractivity (Wildman–Crippen MR) is 54.7 cm³/mol. The molecule has 0 bridgehead atoms. The molecule has 0 atom stereocenters. The molecule has 1 rings (SSSR count). The normalized spacial score (nSPS) is 23.4. The Hall–Kier alpha value is 0.730. The van der Waals surface area contributed by atoms with Crippen LogP contribution in [0, 0.1) is 0 Å². The highest BCUT2D eigenvalue weighted by atomic mass is 127. The smallest absolute Gasteiger partial charge is 0.0222 e. The van der Waals surface area contributed by atoms with Gasteiger partial charge in [0.25, 0.3) is 0 Å². The molecule has 0 nitrogen and oxygen atoms in total. The minimum absolute atomic E-state index is 0.716. The standard InChI is InChI=1S/C9H17I/c1-2-3-6-9(10)7-4-5-8-9/h2-8H2,1H3. The first-order valence-electron chi connectivity index (χ1n) is 4.46. The first kappa shape index (κ1) is 8.82. The zero-order valence-corrected chi connectivity index (χ0v) is 8.99. The summed E-state index contributed by atoms with van der Waals surface area (Å²) in [6, 6.07) is 0. The molecule has 1 fully saturated rings. The molecule has 0 amide bonds. The van der Waals surface area contributed by atoms with Crippen LogP contribution >= 0.6 is 22.6 Å². The van der Waals surface area contributed by atoms with Crippen LogP contribution in [0.4, 0.5) is 0 Å². The maximum absolute atomic E-state index is 2.69. The number of halogens is 1. The Morgan fingerprint density at radius 3 is 2.40 bits per heavy atom. The van der Waals surface area contributed by atoms with Crippen LogP contribution in [0.3, 0.4) is 0 Å². The van der Waals surface area contributed by atoms with Crippen molar-refractivity contribution >= 4 is 22.6 Å². The average molecular weight is 252 g/mol. The molecule has 0 heterocycles. The highest BCUT2D eigenvalue weighted by molar-refractivity contribution is 14.1. The average Bonchev–Trinajstić information content (AvgIpc) is 2.33. The van der Waals surface area contributed by atoms with E-state index in [4.69, 9.17) is 0 Å². The zero-order chi connectivity index (χ0) is 7.45. The number of alkyl halides is 1. The van der Waals surface area contributed by atoms with Gasteiger partial charge in [0.2, 0.25) is 0 Å². The van der Waals surface area contributed by atoms with Gasteiger partial charge in [-0.05, 0) is 19.3 Å². The van der Waals surface area contributed by atoms with Crippen molar-refractivity contribution in [2.24, 2.45) is 0 Å². The molecule has 0 radical (unpaired) electrons. The minimum Gasteiger partial charge on any atom is -0.0789 e. The predicted octanol–water partition coefficient (Wildman–Crippen LogP) is 3.92. The third-order valence-corrected chi connectivity index (χ3v) is 4.10. The molecule has 0 aromatic heterocycles. The molecule has 60 valence electrons. The Morgan fingerprint density at radius 1 is 1.30 bits per heavy atom. The molecule has 1 heteroatoms. The van der Waals surface area contributed by atoms with Crippen molar-refractivity contribution in [3.05, 3.63) is 0 Å². The number of unbranched alkanes of at least 4 members (excludes halogenated alkanes) is 1. The summed E-state index contributed by atoms with van der Waals surface area (Å²) < 4.78 is 0.716. The third-order valence-electron chi connectivity index (χ3n) is 2.48. The molecule has 0 aliphatic heterocycles. The van der Waals surface area contributed by atoms with E-state index in [9.17, 15) is 0 Å². The largest absolute Gasteiger partial charge is 0.0789 e. The maximum Gasteiger partial charge on any atom is 0.0222 e. The van der Waals surface area contributed by atoms with Crippen molar-refractivity contribution in [1.29, 1.82) is 0 Å². The molecule has 0 aromatic rings. The van der Waals surface area contributed by atoms with Gasteiger partial charge in [-0.1, -0.05) is 55.2 Å². The molecular weight excluding hydrogens is 235 g/mol. The van der Waals surface area contributed by atoms with E-state index < -0.39 is 0 Å². The van der Waals surface area contributed by atoms with E-state index in [1.165, 1.54) is 44.9 Å². The van der Waals surface area contributed by atoms with Crippen molar-refractivity contribution in [2.45, 2.75) is 55.3 Å². The fraction of sp³-hybridized carbons (Fsp3) is 1.00. The van der Waals surface area contributed by atoms with E-state index in [-0.39, 0.29) is 0 Å². The zero-order valence-electron chi connectivity index (χ0n) is 6.83. The van der Waals surface area contributed by atoms with Crippen molar-refractivity contribution < 1.29 is 0 Å². The highest BCUT2D eigenvalue weighted by Gasteiger charge is 2.29. The molecular formula is C9H17I. The van der Waals surface area contributed by atoms with Crippen LogP contribution in [-0.4, -0.2) is 3.42 Å². The van der Waals surface area contributed by atoms with E-state index in [2.05, 4.69) is 29.5 Å². The highest BCUT2D eigenvalue weighted by Crippen LogP contribution is 2.41. The Labute approximate surface area is 77.9 Å². The van der Waals surface area contributed by atoms with Gasteiger partial charge in [-0.15, -0.1) is 0 Å². The van der Waals surface area contributed by atoms with Crippen molar-refractivity contribution in [3.8, 4) is 0 Å². The van der Waals surface area contributed by atoms with Crippen LogP contribution in [0.5, 0.6) is 0 Å². The van der Waals surface area contributed by atoms with Gasteiger partial charge in [-0.3, -0.25) is 0 Å². The SMILES string of the molecule is CCCCC1(I)CCCC1. The lowest BCUT2D eigenvalue weighted by atomic mass is 10.0. The van der Waals surface area contributed by atoms with E-state index in [0.29, 0.717) is 3.42 Å². The molecule has 0 spiro atoms. The van der Waals surface area contributed by atoms with Gasteiger partial charge in [0, 0.05) is 3.42 Å². The summed E-state index contributed by atoms with van der Waals surface area (Å²) in [7, 11) is 0. The van der Waals surface area contributed by atoms with Gasteiger partial charge in [-0.2, -0.15) is 0 Å². The van der Waals surface area contributed by atoms with Gasteiger partial charge in [0.05, 0.1) is 0 Å². The summed E-state index contributed by atoms with van der Waals surface area (Å²) in [6.07, 6.45) is 10.2. The van der Waals surface area contributed by atoms with Crippen LogP contribution in [0.25, 0.3) is 0 Å². The first-order chi connectivity index (χ1) is 4.77. The maximum atomic E-state index is 2.69. The van der Waals surface area contributed by atoms with Crippen LogP contribution in [0.2, 0.25) is 0 Å². The van der Waals surface area contributed by atoms with E-state index in [1.807, 2.05) is 0 Å². The van der Waals surface area contributed by atoms with Gasteiger partial charge in [0.1, 0.15) is 0 Å². The Bertz CT molecular complexity index is 92.9. The van der Waals surface area contributed by atoms with Crippen LogP contribution < -0.4 is 0 Å². The lowest BCUT2D eigenvalue weighted by molar-refractivity contribution is 0.553. The lowest BCUT2D eigenvalue weighted by Gasteiger charge is -2.20. The lowest BCUT2D eigenvalue weighted by Crippen LogP contribution is -2.13. The van der Waals surface area contributed by atoms with Gasteiger partial charge in [0.15, 0.2) is 0 Å². The number of hydrogen-bond acceptors (Lipinski definition) is 0. The summed E-state index contributed by atoms with van der Waals surface area (Å²) in [5, 5.41) is 0. The van der Waals surface area contributed by atoms with Crippen LogP contribution in [0.1, 0.15) is 51.9 Å². The Kier molecular flexibility index (Phi) is 3.47. The second kappa shape index (κ2) is 3.93. The molecule has 0 aromatic carbocycles. The number of hydrogen-bond donors (Lipinski definition) is 0. The molecule has 0 N–H and O–H groups in total. The fourth-order valence-electron chi connectivity index (χ4n) is 1.75. The van der Waals surface area contributed by atoms with Gasteiger partial charge < -0.3 is 0 Å². The minimum atomic E-state index is 0.716. The topological polar surface area (TPSA) is 0 Å². The molecule has 10 heavy (non-hydrogen) atoms. The summed E-state index contributed by atoms with van der Waals surface area (Å²) in [5.74, 6) is 0. The van der Waals surface area contributed by atoms with Gasteiger partial charge >= 0.3 is 0 Å². The monoisotopic (exact) mass is 252 g/mol. The molecule has 1 saturated carbocycles. The van der Waals surface area contributed by atoms with E-state index in [1.54, 1.807) is 0 Å². The summed E-state index contributed by atoms with van der Waals surface area (Å²) in [4.78, 5) is 0. The summed E-state index contributed by atoms with van der Waals surface area (Å²) in [6.45, 7) is 2.29. The second-order valence-electron chi connectivity index (χ2n) is 3.46. The van der Waals surface area contributed by atoms with Crippen molar-refractivity contribution in [1.82, 2.24) is 0 Å². The summed E-state index contributed by atoms with van der Waals surface area (Å²) >= 11 is 2.69. The van der Waals surface area contributed by atoms with Gasteiger partial charge in [-0.25, -0.2) is 0 Å². The third kappa shape index (κ3) is 2.40. The van der Waals surface area contributed by atoms with Crippen molar-refractivity contribution in [3.63, 3.8) is 0 Å². The quantitative estimate of drug-likeness (QED) is 0.527. The number of rotatable bonds is 3.